The summed E-state index contributed by atoms with van der Waals surface area (Å²) in [6.45, 7) is -0.596. The number of anilines is 1. The van der Waals surface area contributed by atoms with Gasteiger partial charge in [0.05, 0.1) is 43.6 Å². The first-order chi connectivity index (χ1) is 18.8. The molecule has 10 nitrogen and oxygen atoms in total. The minimum Gasteiger partial charge on any atom is -0.497 e. The minimum absolute atomic E-state index is 0.00294. The lowest BCUT2D eigenvalue weighted by Crippen LogP contribution is -2.39. The third-order valence-corrected chi connectivity index (χ3v) is 7.75. The fourth-order valence-corrected chi connectivity index (χ4v) is 5.35. The zero-order valence-electron chi connectivity index (χ0n) is 21.3. The number of ether oxygens (including phenoxy) is 3. The number of aromatic nitrogens is 1. The van der Waals surface area contributed by atoms with Crippen molar-refractivity contribution in [1.82, 2.24) is 10.4 Å². The highest BCUT2D eigenvalue weighted by molar-refractivity contribution is 7.92. The SMILES string of the molecule is COc1ccc(OC)c(N(CC(=O)N/N=C/c2cc3ccc(OC)cc3nc2Cl)S(=O)(=O)c2ccccc2)c1. The van der Waals surface area contributed by atoms with Gasteiger partial charge in [0.2, 0.25) is 0 Å². The number of pyridine rings is 1. The molecule has 0 saturated heterocycles. The van der Waals surface area contributed by atoms with Crippen molar-refractivity contribution in [3.63, 3.8) is 0 Å². The molecule has 4 rings (SSSR count). The first kappa shape index (κ1) is 27.7. The number of hydrazone groups is 1. The number of hydrogen-bond acceptors (Lipinski definition) is 8. The molecule has 0 saturated carbocycles. The Balaban J connectivity index is 1.61. The van der Waals surface area contributed by atoms with Gasteiger partial charge >= 0.3 is 0 Å². The van der Waals surface area contributed by atoms with E-state index in [2.05, 4.69) is 15.5 Å². The van der Waals surface area contributed by atoms with Crippen LogP contribution >= 0.6 is 11.6 Å². The highest BCUT2D eigenvalue weighted by Gasteiger charge is 2.29. The molecule has 3 aromatic carbocycles. The van der Waals surface area contributed by atoms with Crippen molar-refractivity contribution in [1.29, 1.82) is 0 Å². The summed E-state index contributed by atoms with van der Waals surface area (Å²) in [5.41, 5.74) is 3.57. The van der Waals surface area contributed by atoms with Crippen LogP contribution < -0.4 is 23.9 Å². The maximum absolute atomic E-state index is 13.6. The maximum Gasteiger partial charge on any atom is 0.264 e. The van der Waals surface area contributed by atoms with E-state index in [-0.39, 0.29) is 21.5 Å². The van der Waals surface area contributed by atoms with Crippen molar-refractivity contribution in [3.8, 4) is 17.2 Å². The third-order valence-electron chi connectivity index (χ3n) is 5.67. The van der Waals surface area contributed by atoms with E-state index in [0.29, 0.717) is 22.6 Å². The number of sulfonamides is 1. The Morgan fingerprint density at radius 3 is 2.36 bits per heavy atom. The lowest BCUT2D eigenvalue weighted by atomic mass is 10.1. The van der Waals surface area contributed by atoms with E-state index in [9.17, 15) is 13.2 Å². The van der Waals surface area contributed by atoms with Gasteiger partial charge in [-0.05, 0) is 42.5 Å². The number of methoxy groups -OCH3 is 3. The number of carbonyl (C=O) groups is 1. The number of halogens is 1. The Morgan fingerprint density at radius 2 is 1.67 bits per heavy atom. The molecule has 1 aromatic heterocycles. The standard InChI is InChI=1S/C27H25ClN4O6S/c1-36-20-10-9-18-13-19(27(28)30-23(18)14-20)16-29-31-26(33)17-32(39(34,35)22-7-5-4-6-8-22)24-15-21(37-2)11-12-25(24)38-3/h4-16H,17H2,1-3H3,(H,31,33)/b29-16+. The number of rotatable bonds is 10. The van der Waals surface area contributed by atoms with Crippen molar-refractivity contribution in [2.75, 3.05) is 32.2 Å². The van der Waals surface area contributed by atoms with Crippen molar-refractivity contribution < 1.29 is 27.4 Å². The molecular weight excluding hydrogens is 544 g/mol. The normalized spacial score (nSPS) is 11.4. The Hall–Kier alpha value is -4.35. The van der Waals surface area contributed by atoms with E-state index >= 15 is 0 Å². The zero-order chi connectivity index (χ0) is 28.0. The van der Waals surface area contributed by atoms with Gasteiger partial charge in [-0.2, -0.15) is 5.10 Å². The summed E-state index contributed by atoms with van der Waals surface area (Å²) in [4.78, 5) is 17.3. The van der Waals surface area contributed by atoms with Crippen LogP contribution in [0, 0.1) is 0 Å². The van der Waals surface area contributed by atoms with E-state index in [0.717, 1.165) is 9.69 Å². The number of amides is 1. The average molecular weight is 569 g/mol. The first-order valence-electron chi connectivity index (χ1n) is 11.5. The second-order valence-electron chi connectivity index (χ2n) is 8.08. The summed E-state index contributed by atoms with van der Waals surface area (Å²) >= 11 is 6.30. The van der Waals surface area contributed by atoms with Gasteiger partial charge in [0, 0.05) is 23.1 Å². The van der Waals surface area contributed by atoms with E-state index in [4.69, 9.17) is 25.8 Å². The van der Waals surface area contributed by atoms with Gasteiger partial charge in [0.1, 0.15) is 28.9 Å². The zero-order valence-corrected chi connectivity index (χ0v) is 22.9. The van der Waals surface area contributed by atoms with Gasteiger partial charge in [-0.25, -0.2) is 18.8 Å². The summed E-state index contributed by atoms with van der Waals surface area (Å²) in [7, 11) is 0.235. The topological polar surface area (TPSA) is 119 Å². The molecule has 0 bridgehead atoms. The molecule has 0 aliphatic carbocycles. The predicted octanol–water partition coefficient (Wildman–Crippen LogP) is 4.26. The monoisotopic (exact) mass is 568 g/mol. The molecule has 0 aliphatic heterocycles. The number of nitrogens with zero attached hydrogens (tertiary/aromatic N) is 3. The van der Waals surface area contributed by atoms with Gasteiger partial charge in [0.15, 0.2) is 0 Å². The van der Waals surface area contributed by atoms with Crippen molar-refractivity contribution in [2.45, 2.75) is 4.90 Å². The number of fused-ring (bicyclic) bond motifs is 1. The summed E-state index contributed by atoms with van der Waals surface area (Å²) in [6, 6.07) is 19.5. The highest BCUT2D eigenvalue weighted by atomic mass is 35.5. The fraction of sp³-hybridized carbons (Fsp3) is 0.148. The van der Waals surface area contributed by atoms with Crippen LogP contribution in [0.1, 0.15) is 5.56 Å². The fourth-order valence-electron chi connectivity index (χ4n) is 3.71. The molecular formula is C27H25ClN4O6S. The van der Waals surface area contributed by atoms with Crippen LogP contribution in [-0.2, 0) is 14.8 Å². The van der Waals surface area contributed by atoms with Crippen LogP contribution in [0.25, 0.3) is 10.9 Å². The van der Waals surface area contributed by atoms with Crippen LogP contribution in [0.4, 0.5) is 5.69 Å². The molecule has 39 heavy (non-hydrogen) atoms. The smallest absolute Gasteiger partial charge is 0.264 e. The Labute approximate surface area is 230 Å². The number of nitrogens with one attached hydrogen (secondary N) is 1. The molecule has 0 unspecified atom stereocenters. The largest absolute Gasteiger partial charge is 0.497 e. The molecule has 1 heterocycles. The minimum atomic E-state index is -4.18. The maximum atomic E-state index is 13.6. The molecule has 1 N–H and O–H groups in total. The van der Waals surface area contributed by atoms with Crippen LogP contribution in [-0.4, -0.2) is 53.4 Å². The second kappa shape index (κ2) is 12.0. The number of benzene rings is 3. The van der Waals surface area contributed by atoms with Crippen LogP contribution in [0.2, 0.25) is 5.15 Å². The second-order valence-corrected chi connectivity index (χ2v) is 10.3. The number of hydrogen-bond donors (Lipinski definition) is 1. The van der Waals surface area contributed by atoms with Gasteiger partial charge in [-0.3, -0.25) is 9.10 Å². The lowest BCUT2D eigenvalue weighted by Gasteiger charge is -2.25. The van der Waals surface area contributed by atoms with Crippen molar-refractivity contribution in [3.05, 3.63) is 83.5 Å². The molecule has 1 amide bonds. The summed E-state index contributed by atoms with van der Waals surface area (Å²) in [6.07, 6.45) is 1.33. The highest BCUT2D eigenvalue weighted by Crippen LogP contribution is 2.35. The quantitative estimate of drug-likeness (QED) is 0.172. The number of carbonyl (C=O) groups excluding carboxylic acids is 1. The Bertz CT molecular complexity index is 1630. The summed E-state index contributed by atoms with van der Waals surface area (Å²) in [5, 5.41) is 4.93. The predicted molar refractivity (Wildman–Crippen MR) is 150 cm³/mol. The summed E-state index contributed by atoms with van der Waals surface area (Å²) < 4.78 is 44.0. The molecule has 0 aliphatic rings. The summed E-state index contributed by atoms with van der Waals surface area (Å²) in [5.74, 6) is 0.554. The third kappa shape index (κ3) is 6.21. The van der Waals surface area contributed by atoms with Gasteiger partial charge < -0.3 is 14.2 Å². The molecule has 12 heteroatoms. The molecule has 0 spiro atoms. The van der Waals surface area contributed by atoms with Crippen LogP contribution in [0.3, 0.4) is 0 Å². The van der Waals surface area contributed by atoms with Crippen molar-refractivity contribution in [2.24, 2.45) is 5.10 Å². The molecule has 4 aromatic rings. The van der Waals surface area contributed by atoms with E-state index in [1.807, 2.05) is 6.07 Å². The van der Waals surface area contributed by atoms with Crippen LogP contribution in [0.15, 0.2) is 82.8 Å². The lowest BCUT2D eigenvalue weighted by molar-refractivity contribution is -0.119. The van der Waals surface area contributed by atoms with Crippen molar-refractivity contribution >= 4 is 50.3 Å². The van der Waals surface area contributed by atoms with E-state index in [1.165, 1.54) is 38.6 Å². The molecule has 0 radical (unpaired) electrons. The molecule has 0 fully saturated rings. The molecule has 0 atom stereocenters. The average Bonchev–Trinajstić information content (AvgIpc) is 2.95. The van der Waals surface area contributed by atoms with Gasteiger partial charge in [-0.15, -0.1) is 0 Å². The van der Waals surface area contributed by atoms with E-state index in [1.54, 1.807) is 55.6 Å². The Kier molecular flexibility index (Phi) is 8.52. The molecule has 202 valence electrons. The van der Waals surface area contributed by atoms with Crippen LogP contribution in [0.5, 0.6) is 17.2 Å². The first-order valence-corrected chi connectivity index (χ1v) is 13.3. The van der Waals surface area contributed by atoms with Gasteiger partial charge in [-0.1, -0.05) is 29.8 Å². The van der Waals surface area contributed by atoms with Gasteiger partial charge in [0.25, 0.3) is 15.9 Å². The Morgan fingerprint density at radius 1 is 0.974 bits per heavy atom. The van der Waals surface area contributed by atoms with E-state index < -0.39 is 22.5 Å².